The fourth-order valence-corrected chi connectivity index (χ4v) is 2.99. The first-order valence-electron chi connectivity index (χ1n) is 6.77. The van der Waals surface area contributed by atoms with Gasteiger partial charge in [-0.3, -0.25) is 4.57 Å². The highest BCUT2D eigenvalue weighted by molar-refractivity contribution is 7.99. The second-order valence-corrected chi connectivity index (χ2v) is 5.77. The Kier molecular flexibility index (Phi) is 4.98. The summed E-state index contributed by atoms with van der Waals surface area (Å²) in [6, 6.07) is 13.9. The van der Waals surface area contributed by atoms with Gasteiger partial charge in [0.05, 0.1) is 12.8 Å². The minimum atomic E-state index is 0.691. The van der Waals surface area contributed by atoms with Crippen LogP contribution in [0.2, 0.25) is 0 Å². The maximum absolute atomic E-state index is 5.57. The molecular formula is C16H14ClN3OS. The molecule has 1 aromatic carbocycles. The second kappa shape index (κ2) is 7.33. The number of aromatic nitrogens is 3. The molecule has 0 spiro atoms. The number of halogens is 1. The molecule has 0 saturated carbocycles. The van der Waals surface area contributed by atoms with Crippen LogP contribution in [0.4, 0.5) is 0 Å². The van der Waals surface area contributed by atoms with E-state index in [2.05, 4.69) is 26.9 Å². The highest BCUT2D eigenvalue weighted by Gasteiger charge is 2.16. The van der Waals surface area contributed by atoms with Gasteiger partial charge in [0.1, 0.15) is 0 Å². The van der Waals surface area contributed by atoms with Crippen molar-refractivity contribution in [2.75, 3.05) is 5.75 Å². The summed E-state index contributed by atoms with van der Waals surface area (Å²) in [5, 5.41) is 9.39. The molecule has 0 fully saturated rings. The monoisotopic (exact) mass is 331 g/mol. The summed E-state index contributed by atoms with van der Waals surface area (Å²) in [4.78, 5) is 0. The van der Waals surface area contributed by atoms with Crippen molar-refractivity contribution in [2.45, 2.75) is 11.7 Å². The average molecular weight is 332 g/mol. The quantitative estimate of drug-likeness (QED) is 0.627. The van der Waals surface area contributed by atoms with E-state index < -0.39 is 0 Å². The standard InChI is InChI=1S/C16H14ClN3OS/c17-9-5-11-22-16-19-18-15(14-8-4-10-21-14)20(16)12-13-6-2-1-3-7-13/h1-10H,11-12H2/b9-5+. The summed E-state index contributed by atoms with van der Waals surface area (Å²) in [5.74, 6) is 2.18. The minimum Gasteiger partial charge on any atom is -0.461 e. The lowest BCUT2D eigenvalue weighted by molar-refractivity contribution is 0.569. The molecular weight excluding hydrogens is 318 g/mol. The zero-order valence-electron chi connectivity index (χ0n) is 11.7. The SMILES string of the molecule is Cl/C=C/CSc1nnc(-c2ccco2)n1Cc1ccccc1. The molecule has 3 aromatic rings. The van der Waals surface area contributed by atoms with Gasteiger partial charge in [0, 0.05) is 11.3 Å². The summed E-state index contributed by atoms with van der Waals surface area (Å²) in [5.41, 5.74) is 2.70. The van der Waals surface area contributed by atoms with Crippen LogP contribution in [0.1, 0.15) is 5.56 Å². The molecule has 112 valence electrons. The number of benzene rings is 1. The van der Waals surface area contributed by atoms with Crippen molar-refractivity contribution in [2.24, 2.45) is 0 Å². The fraction of sp³-hybridized carbons (Fsp3) is 0.125. The third-order valence-electron chi connectivity index (χ3n) is 3.04. The van der Waals surface area contributed by atoms with Gasteiger partial charge in [0.2, 0.25) is 5.82 Å². The van der Waals surface area contributed by atoms with Gasteiger partial charge in [-0.2, -0.15) is 0 Å². The Morgan fingerprint density at radius 1 is 1.14 bits per heavy atom. The summed E-state index contributed by atoms with van der Waals surface area (Å²) in [6.45, 7) is 0.691. The van der Waals surface area contributed by atoms with Gasteiger partial charge in [-0.1, -0.05) is 59.8 Å². The van der Waals surface area contributed by atoms with Crippen LogP contribution in [0.3, 0.4) is 0 Å². The normalized spacial score (nSPS) is 11.3. The molecule has 0 atom stereocenters. The van der Waals surface area contributed by atoms with Crippen molar-refractivity contribution in [3.63, 3.8) is 0 Å². The van der Waals surface area contributed by atoms with Crippen LogP contribution in [0, 0.1) is 0 Å². The number of hydrogen-bond donors (Lipinski definition) is 0. The van der Waals surface area contributed by atoms with Gasteiger partial charge in [0.25, 0.3) is 0 Å². The number of rotatable bonds is 6. The first kappa shape index (κ1) is 14.9. The number of nitrogens with zero attached hydrogens (tertiary/aromatic N) is 3. The molecule has 0 aliphatic carbocycles. The van der Waals surface area contributed by atoms with E-state index in [1.165, 1.54) is 11.1 Å². The van der Waals surface area contributed by atoms with Gasteiger partial charge < -0.3 is 4.42 Å². The molecule has 0 N–H and O–H groups in total. The summed E-state index contributed by atoms with van der Waals surface area (Å²) in [6.07, 6.45) is 3.51. The van der Waals surface area contributed by atoms with Gasteiger partial charge in [-0.05, 0) is 17.7 Å². The van der Waals surface area contributed by atoms with E-state index in [0.717, 1.165) is 16.7 Å². The Morgan fingerprint density at radius 2 is 2.00 bits per heavy atom. The number of hydrogen-bond acceptors (Lipinski definition) is 4. The van der Waals surface area contributed by atoms with E-state index >= 15 is 0 Å². The fourth-order valence-electron chi connectivity index (χ4n) is 2.05. The maximum atomic E-state index is 5.57. The highest BCUT2D eigenvalue weighted by Crippen LogP contribution is 2.25. The maximum Gasteiger partial charge on any atom is 0.200 e. The van der Waals surface area contributed by atoms with Gasteiger partial charge in [0.15, 0.2) is 10.9 Å². The molecule has 0 aliphatic rings. The average Bonchev–Trinajstić information content (AvgIpc) is 3.19. The van der Waals surface area contributed by atoms with Gasteiger partial charge in [-0.25, -0.2) is 0 Å². The molecule has 0 saturated heterocycles. The molecule has 22 heavy (non-hydrogen) atoms. The predicted molar refractivity (Wildman–Crippen MR) is 89.0 cm³/mol. The van der Waals surface area contributed by atoms with E-state index in [1.54, 1.807) is 18.0 Å². The smallest absolute Gasteiger partial charge is 0.200 e. The van der Waals surface area contributed by atoms with Crippen LogP contribution in [-0.4, -0.2) is 20.5 Å². The van der Waals surface area contributed by atoms with Crippen molar-refractivity contribution >= 4 is 23.4 Å². The number of thioether (sulfide) groups is 1. The van der Waals surface area contributed by atoms with Crippen LogP contribution in [0.5, 0.6) is 0 Å². The molecule has 3 rings (SSSR count). The van der Waals surface area contributed by atoms with Crippen molar-refractivity contribution in [1.29, 1.82) is 0 Å². The summed E-state index contributed by atoms with van der Waals surface area (Å²) < 4.78 is 7.53. The van der Waals surface area contributed by atoms with E-state index in [4.69, 9.17) is 16.0 Å². The predicted octanol–water partition coefficient (Wildman–Crippen LogP) is 4.43. The van der Waals surface area contributed by atoms with Crippen LogP contribution < -0.4 is 0 Å². The molecule has 0 aliphatic heterocycles. The third-order valence-corrected chi connectivity index (χ3v) is 4.14. The van der Waals surface area contributed by atoms with Crippen LogP contribution in [-0.2, 0) is 6.54 Å². The molecule has 0 radical (unpaired) electrons. The Labute approximate surface area is 137 Å². The molecule has 0 amide bonds. The van der Waals surface area contributed by atoms with Crippen molar-refractivity contribution in [1.82, 2.24) is 14.8 Å². The van der Waals surface area contributed by atoms with Crippen molar-refractivity contribution < 1.29 is 4.42 Å². The topological polar surface area (TPSA) is 43.9 Å². The Hall–Kier alpha value is -1.98. The molecule has 2 heterocycles. The highest BCUT2D eigenvalue weighted by atomic mass is 35.5. The second-order valence-electron chi connectivity index (χ2n) is 4.53. The van der Waals surface area contributed by atoms with Crippen LogP contribution >= 0.6 is 23.4 Å². The zero-order valence-corrected chi connectivity index (χ0v) is 13.3. The lowest BCUT2D eigenvalue weighted by Crippen LogP contribution is -2.03. The first-order chi connectivity index (χ1) is 10.9. The van der Waals surface area contributed by atoms with Gasteiger partial charge in [-0.15, -0.1) is 10.2 Å². The molecule has 0 unspecified atom stereocenters. The van der Waals surface area contributed by atoms with Crippen molar-refractivity contribution in [3.05, 3.63) is 65.9 Å². The van der Waals surface area contributed by atoms with E-state index in [0.29, 0.717) is 12.3 Å². The first-order valence-corrected chi connectivity index (χ1v) is 8.19. The molecule has 4 nitrogen and oxygen atoms in total. The van der Waals surface area contributed by atoms with Gasteiger partial charge >= 0.3 is 0 Å². The molecule has 6 heteroatoms. The van der Waals surface area contributed by atoms with Crippen LogP contribution in [0.25, 0.3) is 11.6 Å². The zero-order chi connectivity index (χ0) is 15.2. The minimum absolute atomic E-state index is 0.691. The van der Waals surface area contributed by atoms with Crippen LogP contribution in [0.15, 0.2) is 69.9 Å². The van der Waals surface area contributed by atoms with E-state index in [9.17, 15) is 0 Å². The van der Waals surface area contributed by atoms with E-state index in [-0.39, 0.29) is 0 Å². The Bertz CT molecular complexity index is 738. The number of furan rings is 1. The van der Waals surface area contributed by atoms with Crippen molar-refractivity contribution in [3.8, 4) is 11.6 Å². The largest absolute Gasteiger partial charge is 0.461 e. The summed E-state index contributed by atoms with van der Waals surface area (Å²) in [7, 11) is 0. The summed E-state index contributed by atoms with van der Waals surface area (Å²) >= 11 is 7.16. The lowest BCUT2D eigenvalue weighted by atomic mass is 10.2. The molecule has 0 bridgehead atoms. The Balaban J connectivity index is 1.93. The Morgan fingerprint density at radius 3 is 2.73 bits per heavy atom. The lowest BCUT2D eigenvalue weighted by Gasteiger charge is -2.08. The molecule has 2 aromatic heterocycles. The third kappa shape index (κ3) is 3.43. The van der Waals surface area contributed by atoms with E-state index in [1.807, 2.05) is 36.4 Å².